The summed E-state index contributed by atoms with van der Waals surface area (Å²) in [5, 5.41) is 3.80. The van der Waals surface area contributed by atoms with Crippen molar-refractivity contribution in [2.24, 2.45) is 0 Å². The number of anilines is 1. The number of aryl methyl sites for hydroxylation is 2. The molecule has 0 saturated heterocycles. The van der Waals surface area contributed by atoms with E-state index >= 15 is 0 Å². The molecule has 3 aromatic carbocycles. The Balaban J connectivity index is 1.81. The molecule has 0 aliphatic carbocycles. The fourth-order valence-corrected chi connectivity index (χ4v) is 3.50. The minimum absolute atomic E-state index is 0.178. The van der Waals surface area contributed by atoms with E-state index in [0.717, 1.165) is 27.7 Å². The molecule has 144 valence electrons. The highest BCUT2D eigenvalue weighted by atomic mass is 16.5. The van der Waals surface area contributed by atoms with Gasteiger partial charge in [-0.2, -0.15) is 0 Å². The van der Waals surface area contributed by atoms with Crippen LogP contribution in [0.2, 0.25) is 0 Å². The summed E-state index contributed by atoms with van der Waals surface area (Å²) >= 11 is 0. The van der Waals surface area contributed by atoms with Gasteiger partial charge in [-0.1, -0.05) is 48.0 Å². The van der Waals surface area contributed by atoms with E-state index in [2.05, 4.69) is 37.4 Å². The Hall–Kier alpha value is -3.66. The van der Waals surface area contributed by atoms with Crippen LogP contribution in [0.1, 0.15) is 21.5 Å². The molecule has 0 unspecified atom stereocenters. The van der Waals surface area contributed by atoms with E-state index in [0.29, 0.717) is 17.0 Å². The molecule has 0 saturated carbocycles. The first-order chi connectivity index (χ1) is 14.0. The van der Waals surface area contributed by atoms with E-state index in [1.54, 1.807) is 13.2 Å². The van der Waals surface area contributed by atoms with Gasteiger partial charge in [0.15, 0.2) is 0 Å². The number of hydrogen-bond acceptors (Lipinski definition) is 3. The Labute approximate surface area is 170 Å². The van der Waals surface area contributed by atoms with E-state index in [1.165, 1.54) is 5.56 Å². The Morgan fingerprint density at radius 1 is 0.931 bits per heavy atom. The third-order valence-corrected chi connectivity index (χ3v) is 4.95. The maximum Gasteiger partial charge on any atom is 0.256 e. The number of amides is 1. The predicted octanol–water partition coefficient (Wildman–Crippen LogP) is 5.78. The number of fused-ring (bicyclic) bond motifs is 1. The van der Waals surface area contributed by atoms with Gasteiger partial charge in [-0.05, 0) is 43.7 Å². The largest absolute Gasteiger partial charge is 0.497 e. The van der Waals surface area contributed by atoms with Crippen LogP contribution in [0.3, 0.4) is 0 Å². The van der Waals surface area contributed by atoms with Crippen molar-refractivity contribution in [1.29, 1.82) is 0 Å². The van der Waals surface area contributed by atoms with E-state index in [4.69, 9.17) is 9.72 Å². The highest BCUT2D eigenvalue weighted by Crippen LogP contribution is 2.28. The average Bonchev–Trinajstić information content (AvgIpc) is 2.73. The van der Waals surface area contributed by atoms with Gasteiger partial charge in [0.1, 0.15) is 5.75 Å². The molecule has 0 aliphatic rings. The number of ether oxygens (including phenoxy) is 1. The second-order valence-corrected chi connectivity index (χ2v) is 7.08. The van der Waals surface area contributed by atoms with Crippen LogP contribution in [-0.4, -0.2) is 18.0 Å². The van der Waals surface area contributed by atoms with Crippen LogP contribution in [0.5, 0.6) is 5.75 Å². The van der Waals surface area contributed by atoms with Crippen LogP contribution < -0.4 is 10.1 Å². The standard InChI is InChI=1S/C25H22N2O2/c1-16-11-12-20(17(2)13-16)24-15-22(21-9-4-5-10-23(21)27-24)25(28)26-18-7-6-8-19(14-18)29-3/h4-15H,1-3H3,(H,26,28). The highest BCUT2D eigenvalue weighted by molar-refractivity contribution is 6.13. The van der Waals surface area contributed by atoms with Crippen LogP contribution in [0.25, 0.3) is 22.2 Å². The molecular formula is C25H22N2O2. The van der Waals surface area contributed by atoms with Gasteiger partial charge in [-0.3, -0.25) is 4.79 Å². The number of rotatable bonds is 4. The fraction of sp³-hybridized carbons (Fsp3) is 0.120. The number of hydrogen-bond donors (Lipinski definition) is 1. The van der Waals surface area contributed by atoms with E-state index < -0.39 is 0 Å². The van der Waals surface area contributed by atoms with Gasteiger partial charge in [-0.15, -0.1) is 0 Å². The van der Waals surface area contributed by atoms with Crippen molar-refractivity contribution in [3.05, 3.63) is 89.5 Å². The number of pyridine rings is 1. The summed E-state index contributed by atoms with van der Waals surface area (Å²) in [5.41, 5.74) is 6.21. The zero-order valence-electron chi connectivity index (χ0n) is 16.7. The number of nitrogens with zero attached hydrogens (tertiary/aromatic N) is 1. The number of methoxy groups -OCH3 is 1. The highest BCUT2D eigenvalue weighted by Gasteiger charge is 2.15. The molecule has 0 aliphatic heterocycles. The van der Waals surface area contributed by atoms with E-state index in [-0.39, 0.29) is 5.91 Å². The lowest BCUT2D eigenvalue weighted by Gasteiger charge is -2.13. The van der Waals surface area contributed by atoms with Crippen molar-refractivity contribution < 1.29 is 9.53 Å². The van der Waals surface area contributed by atoms with Crippen molar-refractivity contribution >= 4 is 22.5 Å². The van der Waals surface area contributed by atoms with Crippen molar-refractivity contribution in [3.8, 4) is 17.0 Å². The first kappa shape index (κ1) is 18.7. The predicted molar refractivity (Wildman–Crippen MR) is 118 cm³/mol. The van der Waals surface area contributed by atoms with Crippen molar-refractivity contribution in [2.45, 2.75) is 13.8 Å². The molecule has 0 spiro atoms. The van der Waals surface area contributed by atoms with Crippen molar-refractivity contribution in [1.82, 2.24) is 4.98 Å². The zero-order chi connectivity index (χ0) is 20.4. The van der Waals surface area contributed by atoms with Crippen LogP contribution in [0.15, 0.2) is 72.8 Å². The van der Waals surface area contributed by atoms with Gasteiger partial charge in [0, 0.05) is 22.7 Å². The number of para-hydroxylation sites is 1. The molecule has 1 amide bonds. The molecule has 4 aromatic rings. The van der Waals surface area contributed by atoms with Crippen LogP contribution >= 0.6 is 0 Å². The number of nitrogens with one attached hydrogen (secondary N) is 1. The summed E-state index contributed by atoms with van der Waals surface area (Å²) in [6, 6.07) is 23.2. The summed E-state index contributed by atoms with van der Waals surface area (Å²) in [4.78, 5) is 18.0. The second-order valence-electron chi connectivity index (χ2n) is 7.08. The molecule has 0 radical (unpaired) electrons. The Kier molecular flexibility index (Phi) is 5.00. The summed E-state index contributed by atoms with van der Waals surface area (Å²) in [5.74, 6) is 0.515. The monoisotopic (exact) mass is 382 g/mol. The number of benzene rings is 3. The molecule has 4 nitrogen and oxygen atoms in total. The molecule has 4 rings (SSSR count). The number of aromatic nitrogens is 1. The van der Waals surface area contributed by atoms with Crippen LogP contribution in [-0.2, 0) is 0 Å². The number of carbonyl (C=O) groups excluding carboxylic acids is 1. The van der Waals surface area contributed by atoms with Gasteiger partial charge in [0.25, 0.3) is 5.91 Å². The summed E-state index contributed by atoms with van der Waals surface area (Å²) in [6.07, 6.45) is 0. The van der Waals surface area contributed by atoms with Gasteiger partial charge in [0.05, 0.1) is 23.9 Å². The maximum absolute atomic E-state index is 13.2. The Morgan fingerprint density at radius 2 is 1.76 bits per heavy atom. The van der Waals surface area contributed by atoms with Crippen LogP contribution in [0.4, 0.5) is 5.69 Å². The molecule has 4 heteroatoms. The van der Waals surface area contributed by atoms with Gasteiger partial charge >= 0.3 is 0 Å². The first-order valence-corrected chi connectivity index (χ1v) is 9.48. The van der Waals surface area contributed by atoms with Crippen LogP contribution in [0, 0.1) is 13.8 Å². The Morgan fingerprint density at radius 3 is 2.55 bits per heavy atom. The minimum Gasteiger partial charge on any atom is -0.497 e. The van der Waals surface area contributed by atoms with Crippen molar-refractivity contribution in [3.63, 3.8) is 0 Å². The van der Waals surface area contributed by atoms with Crippen molar-refractivity contribution in [2.75, 3.05) is 12.4 Å². The third-order valence-electron chi connectivity index (χ3n) is 4.95. The lowest BCUT2D eigenvalue weighted by atomic mass is 9.99. The zero-order valence-corrected chi connectivity index (χ0v) is 16.7. The topological polar surface area (TPSA) is 51.2 Å². The van der Waals surface area contributed by atoms with E-state index in [1.807, 2.05) is 48.5 Å². The molecule has 0 atom stereocenters. The summed E-state index contributed by atoms with van der Waals surface area (Å²) < 4.78 is 5.25. The fourth-order valence-electron chi connectivity index (χ4n) is 3.50. The maximum atomic E-state index is 13.2. The smallest absolute Gasteiger partial charge is 0.256 e. The molecule has 29 heavy (non-hydrogen) atoms. The van der Waals surface area contributed by atoms with Gasteiger partial charge < -0.3 is 10.1 Å². The minimum atomic E-state index is -0.178. The molecule has 1 aromatic heterocycles. The molecule has 0 fully saturated rings. The summed E-state index contributed by atoms with van der Waals surface area (Å²) in [7, 11) is 1.60. The quantitative estimate of drug-likeness (QED) is 0.487. The molecule has 1 heterocycles. The van der Waals surface area contributed by atoms with Gasteiger partial charge in [-0.25, -0.2) is 4.98 Å². The molecule has 1 N–H and O–H groups in total. The Bertz CT molecular complexity index is 1210. The van der Waals surface area contributed by atoms with E-state index in [9.17, 15) is 4.79 Å². The lowest BCUT2D eigenvalue weighted by Crippen LogP contribution is -2.13. The SMILES string of the molecule is COc1cccc(NC(=O)c2cc(-c3ccc(C)cc3C)nc3ccccc23)c1. The normalized spacial score (nSPS) is 10.7. The van der Waals surface area contributed by atoms with Gasteiger partial charge in [0.2, 0.25) is 0 Å². The molecule has 0 bridgehead atoms. The second kappa shape index (κ2) is 7.76. The summed E-state index contributed by atoms with van der Waals surface area (Å²) in [6.45, 7) is 4.13. The molecular weight excluding hydrogens is 360 g/mol. The number of carbonyl (C=O) groups is 1. The average molecular weight is 382 g/mol. The third kappa shape index (κ3) is 3.83. The lowest BCUT2D eigenvalue weighted by molar-refractivity contribution is 0.102. The first-order valence-electron chi connectivity index (χ1n) is 9.48.